The number of aliphatic hydroxyl groups is 1. The molecule has 2 rings (SSSR count). The molecule has 0 bridgehead atoms. The lowest BCUT2D eigenvalue weighted by atomic mass is 9.97. The van der Waals surface area contributed by atoms with Crippen LogP contribution in [0, 0.1) is 0 Å². The third kappa shape index (κ3) is 2.30. The first-order chi connectivity index (χ1) is 7.68. The summed E-state index contributed by atoms with van der Waals surface area (Å²) >= 11 is 0. The highest BCUT2D eigenvalue weighted by molar-refractivity contribution is 5.54. The summed E-state index contributed by atoms with van der Waals surface area (Å²) in [6, 6.07) is 8.16. The van der Waals surface area contributed by atoms with E-state index >= 15 is 0 Å². The van der Waals surface area contributed by atoms with Crippen molar-refractivity contribution in [3.8, 4) is 0 Å². The molecule has 0 aromatic heterocycles. The van der Waals surface area contributed by atoms with Gasteiger partial charge >= 0.3 is 0 Å². The molecule has 3 heteroatoms. The molecule has 88 valence electrons. The first-order valence-corrected chi connectivity index (χ1v) is 5.99. The minimum absolute atomic E-state index is 0.248. The maximum atomic E-state index is 9.80. The van der Waals surface area contributed by atoms with Gasteiger partial charge in [0.1, 0.15) is 0 Å². The molecule has 1 heterocycles. The van der Waals surface area contributed by atoms with Crippen LogP contribution in [0.25, 0.3) is 0 Å². The van der Waals surface area contributed by atoms with Gasteiger partial charge in [-0.15, -0.1) is 0 Å². The Kier molecular flexibility index (Phi) is 3.34. The van der Waals surface area contributed by atoms with Gasteiger partial charge in [0, 0.05) is 17.9 Å². The van der Waals surface area contributed by atoms with Gasteiger partial charge in [0.15, 0.2) is 0 Å². The van der Waals surface area contributed by atoms with Crippen LogP contribution in [0.5, 0.6) is 0 Å². The molecule has 3 nitrogen and oxygen atoms in total. The normalized spacial score (nSPS) is 23.1. The summed E-state index contributed by atoms with van der Waals surface area (Å²) in [5, 5.41) is 9.80. The SMILES string of the molecule is C[C@H](O)[C@@H]1CCCCN1c1ccc(N)cc1. The van der Waals surface area contributed by atoms with Crippen LogP contribution in [-0.4, -0.2) is 23.8 Å². The zero-order valence-corrected chi connectivity index (χ0v) is 9.76. The minimum atomic E-state index is -0.280. The van der Waals surface area contributed by atoms with E-state index < -0.39 is 0 Å². The van der Waals surface area contributed by atoms with Gasteiger partial charge in [0.25, 0.3) is 0 Å². The van der Waals surface area contributed by atoms with Gasteiger partial charge in [-0.25, -0.2) is 0 Å². The molecular weight excluding hydrogens is 200 g/mol. The fourth-order valence-corrected chi connectivity index (χ4v) is 2.45. The van der Waals surface area contributed by atoms with Crippen LogP contribution in [0.1, 0.15) is 26.2 Å². The summed E-state index contributed by atoms with van der Waals surface area (Å²) < 4.78 is 0. The average molecular weight is 220 g/mol. The van der Waals surface area contributed by atoms with Gasteiger partial charge in [-0.1, -0.05) is 0 Å². The van der Waals surface area contributed by atoms with Crippen LogP contribution in [0.3, 0.4) is 0 Å². The molecule has 0 unspecified atom stereocenters. The van der Waals surface area contributed by atoms with E-state index in [1.54, 1.807) is 0 Å². The monoisotopic (exact) mass is 220 g/mol. The molecule has 0 saturated carbocycles. The zero-order chi connectivity index (χ0) is 11.5. The lowest BCUT2D eigenvalue weighted by Crippen LogP contribution is -2.45. The number of aliphatic hydroxyl groups excluding tert-OH is 1. The molecule has 0 radical (unpaired) electrons. The average Bonchev–Trinajstić information content (AvgIpc) is 2.30. The molecule has 1 aliphatic heterocycles. The molecule has 1 aromatic carbocycles. The second kappa shape index (κ2) is 4.74. The fraction of sp³-hybridized carbons (Fsp3) is 0.538. The number of piperidine rings is 1. The van der Waals surface area contributed by atoms with E-state index in [2.05, 4.69) is 4.90 Å². The van der Waals surface area contributed by atoms with Crippen molar-refractivity contribution >= 4 is 11.4 Å². The topological polar surface area (TPSA) is 49.5 Å². The van der Waals surface area contributed by atoms with Crippen LogP contribution >= 0.6 is 0 Å². The van der Waals surface area contributed by atoms with Gasteiger partial charge < -0.3 is 15.7 Å². The molecule has 3 N–H and O–H groups in total. The van der Waals surface area contributed by atoms with E-state index in [1.807, 2.05) is 31.2 Å². The highest BCUT2D eigenvalue weighted by Crippen LogP contribution is 2.27. The number of anilines is 2. The van der Waals surface area contributed by atoms with Crippen molar-refractivity contribution in [1.29, 1.82) is 0 Å². The summed E-state index contributed by atoms with van der Waals surface area (Å²) in [4.78, 5) is 2.30. The summed E-state index contributed by atoms with van der Waals surface area (Å²) in [5.41, 5.74) is 7.64. The molecule has 1 saturated heterocycles. The van der Waals surface area contributed by atoms with E-state index in [4.69, 9.17) is 5.73 Å². The lowest BCUT2D eigenvalue weighted by molar-refractivity contribution is 0.145. The summed E-state index contributed by atoms with van der Waals surface area (Å²) in [7, 11) is 0. The van der Waals surface area contributed by atoms with Crippen molar-refractivity contribution in [2.45, 2.75) is 38.3 Å². The van der Waals surface area contributed by atoms with Gasteiger partial charge in [-0.05, 0) is 50.5 Å². The number of nitrogens with two attached hydrogens (primary N) is 1. The quantitative estimate of drug-likeness (QED) is 0.750. The Hall–Kier alpha value is -1.22. The molecule has 1 aromatic rings. The number of hydrogen-bond donors (Lipinski definition) is 2. The first kappa shape index (κ1) is 11.3. The van der Waals surface area contributed by atoms with E-state index in [0.29, 0.717) is 0 Å². The smallest absolute Gasteiger partial charge is 0.0715 e. The molecule has 2 atom stereocenters. The van der Waals surface area contributed by atoms with Crippen LogP contribution in [0.15, 0.2) is 24.3 Å². The van der Waals surface area contributed by atoms with Crippen molar-refractivity contribution < 1.29 is 5.11 Å². The Labute approximate surface area is 96.9 Å². The molecule has 0 aliphatic carbocycles. The van der Waals surface area contributed by atoms with E-state index in [1.165, 1.54) is 18.5 Å². The predicted molar refractivity (Wildman–Crippen MR) is 67.5 cm³/mol. The maximum Gasteiger partial charge on any atom is 0.0715 e. The second-order valence-corrected chi connectivity index (χ2v) is 4.59. The van der Waals surface area contributed by atoms with Crippen LogP contribution in [-0.2, 0) is 0 Å². The summed E-state index contributed by atoms with van der Waals surface area (Å²) in [6.07, 6.45) is 3.20. The standard InChI is InChI=1S/C13H20N2O/c1-10(16)13-4-2-3-9-15(13)12-7-5-11(14)6-8-12/h5-8,10,13,16H,2-4,9,14H2,1H3/t10-,13-/m0/s1. The highest BCUT2D eigenvalue weighted by atomic mass is 16.3. The van der Waals surface area contributed by atoms with Crippen LogP contribution in [0.2, 0.25) is 0 Å². The Morgan fingerprint density at radius 2 is 2.00 bits per heavy atom. The summed E-state index contributed by atoms with van der Waals surface area (Å²) in [6.45, 7) is 2.90. The Morgan fingerprint density at radius 3 is 2.62 bits per heavy atom. The number of nitrogens with zero attached hydrogens (tertiary/aromatic N) is 1. The van der Waals surface area contributed by atoms with E-state index in [-0.39, 0.29) is 12.1 Å². The second-order valence-electron chi connectivity index (χ2n) is 4.59. The Bertz CT molecular complexity index is 334. The molecule has 1 aliphatic rings. The van der Waals surface area contributed by atoms with Crippen LogP contribution in [0.4, 0.5) is 11.4 Å². The van der Waals surface area contributed by atoms with Gasteiger partial charge in [-0.2, -0.15) is 0 Å². The Balaban J connectivity index is 2.19. The van der Waals surface area contributed by atoms with Crippen molar-refractivity contribution in [2.75, 3.05) is 17.2 Å². The van der Waals surface area contributed by atoms with Gasteiger partial charge in [0.05, 0.1) is 12.1 Å². The molecule has 0 spiro atoms. The number of hydrogen-bond acceptors (Lipinski definition) is 3. The number of rotatable bonds is 2. The maximum absolute atomic E-state index is 9.80. The molecular formula is C13H20N2O. The highest BCUT2D eigenvalue weighted by Gasteiger charge is 2.26. The third-order valence-corrected chi connectivity index (χ3v) is 3.33. The fourth-order valence-electron chi connectivity index (χ4n) is 2.45. The largest absolute Gasteiger partial charge is 0.399 e. The van der Waals surface area contributed by atoms with Gasteiger partial charge in [-0.3, -0.25) is 0 Å². The predicted octanol–water partition coefficient (Wildman–Crippen LogP) is 2.01. The van der Waals surface area contributed by atoms with Crippen LogP contribution < -0.4 is 10.6 Å². The van der Waals surface area contributed by atoms with Gasteiger partial charge in [0.2, 0.25) is 0 Å². The minimum Gasteiger partial charge on any atom is -0.399 e. The number of nitrogen functional groups attached to an aromatic ring is 1. The van der Waals surface area contributed by atoms with E-state index in [9.17, 15) is 5.11 Å². The lowest BCUT2D eigenvalue weighted by Gasteiger charge is -2.39. The van der Waals surface area contributed by atoms with Crippen molar-refractivity contribution in [2.24, 2.45) is 0 Å². The molecule has 16 heavy (non-hydrogen) atoms. The first-order valence-electron chi connectivity index (χ1n) is 5.99. The van der Waals surface area contributed by atoms with Crippen molar-refractivity contribution in [1.82, 2.24) is 0 Å². The van der Waals surface area contributed by atoms with Crippen molar-refractivity contribution in [3.05, 3.63) is 24.3 Å². The third-order valence-electron chi connectivity index (χ3n) is 3.33. The molecule has 1 fully saturated rings. The zero-order valence-electron chi connectivity index (χ0n) is 9.76. The van der Waals surface area contributed by atoms with E-state index in [0.717, 1.165) is 18.7 Å². The number of benzene rings is 1. The van der Waals surface area contributed by atoms with Crippen molar-refractivity contribution in [3.63, 3.8) is 0 Å². The summed E-state index contributed by atoms with van der Waals surface area (Å²) in [5.74, 6) is 0. The molecule has 0 amide bonds. The Morgan fingerprint density at radius 1 is 1.31 bits per heavy atom.